The number of fused-ring (bicyclic) bond motifs is 1. The highest BCUT2D eigenvalue weighted by atomic mass is 16.5. The molecule has 0 unspecified atom stereocenters. The van der Waals surface area contributed by atoms with Crippen molar-refractivity contribution in [2.24, 2.45) is 0 Å². The largest absolute Gasteiger partial charge is 0.486 e. The molecule has 1 aliphatic heterocycles. The summed E-state index contributed by atoms with van der Waals surface area (Å²) in [4.78, 5) is 18.6. The summed E-state index contributed by atoms with van der Waals surface area (Å²) in [5.74, 6) is 1.07. The number of benzene rings is 1. The number of hydrogen-bond donors (Lipinski definition) is 1. The van der Waals surface area contributed by atoms with E-state index >= 15 is 0 Å². The normalized spacial score (nSPS) is 25.0. The molecule has 2 aliphatic rings. The molecule has 1 N–H and O–H groups in total. The zero-order valence-electron chi connectivity index (χ0n) is 15.1. The summed E-state index contributed by atoms with van der Waals surface area (Å²) >= 11 is 0. The van der Waals surface area contributed by atoms with E-state index in [2.05, 4.69) is 28.5 Å². The Morgan fingerprint density at radius 3 is 2.69 bits per heavy atom. The minimum atomic E-state index is -0.163. The summed E-state index contributed by atoms with van der Waals surface area (Å²) in [5, 5.41) is 3.54. The van der Waals surface area contributed by atoms with Crippen LogP contribution in [0.15, 0.2) is 48.8 Å². The fourth-order valence-electron chi connectivity index (χ4n) is 4.10. The molecule has 0 bridgehead atoms. The first-order valence-corrected chi connectivity index (χ1v) is 9.32. The Morgan fingerprint density at radius 1 is 1.19 bits per heavy atom. The van der Waals surface area contributed by atoms with Crippen molar-refractivity contribution in [3.8, 4) is 5.75 Å². The topological polar surface area (TPSA) is 54.5 Å². The second kappa shape index (κ2) is 7.08. The van der Waals surface area contributed by atoms with Gasteiger partial charge in [-0.3, -0.25) is 9.78 Å². The molecule has 1 aliphatic carbocycles. The van der Waals surface area contributed by atoms with E-state index < -0.39 is 0 Å². The third-order valence-corrected chi connectivity index (χ3v) is 5.72. The van der Waals surface area contributed by atoms with Crippen LogP contribution in [0.4, 0.5) is 0 Å². The number of carbonyl (C=O) groups is 1. The van der Waals surface area contributed by atoms with Crippen LogP contribution in [0.2, 0.25) is 0 Å². The molecule has 136 valence electrons. The van der Waals surface area contributed by atoms with Crippen LogP contribution in [-0.4, -0.2) is 41.0 Å². The SMILES string of the molecule is CN(C(=O)c1ccncc1)C1CCC2(CC1)CNCc1ccccc1O2. The van der Waals surface area contributed by atoms with Gasteiger partial charge in [-0.25, -0.2) is 0 Å². The van der Waals surface area contributed by atoms with Crippen LogP contribution >= 0.6 is 0 Å². The van der Waals surface area contributed by atoms with Crippen molar-refractivity contribution in [3.63, 3.8) is 0 Å². The van der Waals surface area contributed by atoms with Gasteiger partial charge in [-0.05, 0) is 43.9 Å². The zero-order chi connectivity index (χ0) is 18.0. The van der Waals surface area contributed by atoms with Crippen molar-refractivity contribution >= 4 is 5.91 Å². The maximum atomic E-state index is 12.7. The first kappa shape index (κ1) is 17.0. The Balaban J connectivity index is 1.43. The molecule has 1 fully saturated rings. The van der Waals surface area contributed by atoms with E-state index in [9.17, 15) is 4.79 Å². The minimum absolute atomic E-state index is 0.0682. The molecule has 2 heterocycles. The second-order valence-corrected chi connectivity index (χ2v) is 7.38. The van der Waals surface area contributed by atoms with Crippen molar-refractivity contribution in [1.82, 2.24) is 15.2 Å². The first-order chi connectivity index (χ1) is 12.7. The van der Waals surface area contributed by atoms with Gasteiger partial charge in [0.25, 0.3) is 5.91 Å². The Morgan fingerprint density at radius 2 is 1.92 bits per heavy atom. The molecule has 0 saturated heterocycles. The molecule has 26 heavy (non-hydrogen) atoms. The van der Waals surface area contributed by atoms with Crippen molar-refractivity contribution in [3.05, 3.63) is 59.9 Å². The summed E-state index contributed by atoms with van der Waals surface area (Å²) in [6, 6.07) is 12.1. The number of hydrogen-bond acceptors (Lipinski definition) is 4. The maximum Gasteiger partial charge on any atom is 0.253 e. The van der Waals surface area contributed by atoms with Crippen LogP contribution < -0.4 is 10.1 Å². The van der Waals surface area contributed by atoms with Gasteiger partial charge in [-0.2, -0.15) is 0 Å². The van der Waals surface area contributed by atoms with Gasteiger partial charge in [-0.15, -0.1) is 0 Å². The average molecular weight is 351 g/mol. The van der Waals surface area contributed by atoms with Crippen molar-refractivity contribution < 1.29 is 9.53 Å². The smallest absolute Gasteiger partial charge is 0.253 e. The van der Waals surface area contributed by atoms with Crippen LogP contribution in [-0.2, 0) is 6.54 Å². The zero-order valence-corrected chi connectivity index (χ0v) is 15.1. The number of aromatic nitrogens is 1. The molecular formula is C21H25N3O2. The standard InChI is InChI=1S/C21H25N3O2/c1-24(20(25)16-8-12-22-13-9-16)18-6-10-21(11-7-18)15-23-14-17-4-2-3-5-19(17)26-21/h2-5,8-9,12-13,18,23H,6-7,10-11,14-15H2,1H3. The molecule has 0 atom stereocenters. The van der Waals surface area contributed by atoms with Gasteiger partial charge in [0.05, 0.1) is 0 Å². The molecule has 5 heteroatoms. The van der Waals surface area contributed by atoms with E-state index in [0.29, 0.717) is 5.56 Å². The fourth-order valence-corrected chi connectivity index (χ4v) is 4.10. The van der Waals surface area contributed by atoms with Crippen molar-refractivity contribution in [2.45, 2.75) is 43.9 Å². The lowest BCUT2D eigenvalue weighted by Crippen LogP contribution is -2.51. The van der Waals surface area contributed by atoms with Crippen LogP contribution in [0.5, 0.6) is 5.75 Å². The van der Waals surface area contributed by atoms with Gasteiger partial charge in [-0.1, -0.05) is 18.2 Å². The number of amides is 1. The molecule has 5 nitrogen and oxygen atoms in total. The molecule has 1 amide bonds. The van der Waals surface area contributed by atoms with E-state index in [0.717, 1.165) is 44.5 Å². The van der Waals surface area contributed by atoms with Gasteiger partial charge in [0.1, 0.15) is 11.4 Å². The summed E-state index contributed by atoms with van der Waals surface area (Å²) in [5.41, 5.74) is 1.75. The van der Waals surface area contributed by atoms with E-state index in [1.165, 1.54) is 5.56 Å². The molecular weight excluding hydrogens is 326 g/mol. The number of rotatable bonds is 2. The lowest BCUT2D eigenvalue weighted by Gasteiger charge is -2.42. The van der Waals surface area contributed by atoms with E-state index in [4.69, 9.17) is 4.74 Å². The quantitative estimate of drug-likeness (QED) is 0.904. The molecule has 1 spiro atoms. The highest BCUT2D eigenvalue weighted by Crippen LogP contribution is 2.37. The number of ether oxygens (including phenoxy) is 1. The third kappa shape index (κ3) is 3.31. The van der Waals surface area contributed by atoms with Gasteiger partial charge in [0.2, 0.25) is 0 Å². The molecule has 1 aromatic carbocycles. The molecule has 2 aromatic rings. The van der Waals surface area contributed by atoms with Gasteiger partial charge >= 0.3 is 0 Å². The van der Waals surface area contributed by atoms with Crippen LogP contribution in [0.3, 0.4) is 0 Å². The lowest BCUT2D eigenvalue weighted by molar-refractivity contribution is 0.0102. The van der Waals surface area contributed by atoms with Gasteiger partial charge in [0.15, 0.2) is 0 Å². The predicted octanol–water partition coefficient (Wildman–Crippen LogP) is 3.02. The highest BCUT2D eigenvalue weighted by molar-refractivity contribution is 5.94. The Hall–Kier alpha value is -2.40. The third-order valence-electron chi connectivity index (χ3n) is 5.72. The average Bonchev–Trinajstić information content (AvgIpc) is 2.87. The van der Waals surface area contributed by atoms with Crippen LogP contribution in [0, 0.1) is 0 Å². The summed E-state index contributed by atoms with van der Waals surface area (Å²) in [7, 11) is 1.91. The summed E-state index contributed by atoms with van der Waals surface area (Å²) in [6.45, 7) is 1.71. The highest BCUT2D eigenvalue weighted by Gasteiger charge is 2.40. The molecule has 0 radical (unpaired) electrons. The predicted molar refractivity (Wildman–Crippen MR) is 100 cm³/mol. The first-order valence-electron chi connectivity index (χ1n) is 9.32. The van der Waals surface area contributed by atoms with E-state index in [1.54, 1.807) is 24.5 Å². The van der Waals surface area contributed by atoms with Gasteiger partial charge < -0.3 is 15.0 Å². The maximum absolute atomic E-state index is 12.7. The van der Waals surface area contributed by atoms with Crippen molar-refractivity contribution in [2.75, 3.05) is 13.6 Å². The minimum Gasteiger partial charge on any atom is -0.486 e. The van der Waals surface area contributed by atoms with Crippen LogP contribution in [0.1, 0.15) is 41.6 Å². The van der Waals surface area contributed by atoms with Crippen molar-refractivity contribution in [1.29, 1.82) is 0 Å². The van der Waals surface area contributed by atoms with E-state index in [-0.39, 0.29) is 17.6 Å². The number of nitrogens with zero attached hydrogens (tertiary/aromatic N) is 2. The van der Waals surface area contributed by atoms with Gasteiger partial charge in [0, 0.05) is 49.7 Å². The number of para-hydroxylation sites is 1. The summed E-state index contributed by atoms with van der Waals surface area (Å²) < 4.78 is 6.48. The second-order valence-electron chi connectivity index (χ2n) is 7.38. The summed E-state index contributed by atoms with van der Waals surface area (Å²) in [6.07, 6.45) is 7.15. The van der Waals surface area contributed by atoms with E-state index in [1.807, 2.05) is 18.0 Å². The Labute approximate surface area is 154 Å². The monoisotopic (exact) mass is 351 g/mol. The molecule has 1 saturated carbocycles. The van der Waals surface area contributed by atoms with Crippen LogP contribution in [0.25, 0.3) is 0 Å². The Bertz CT molecular complexity index is 770. The number of pyridine rings is 1. The molecule has 1 aromatic heterocycles. The Kier molecular flexibility index (Phi) is 4.64. The fraction of sp³-hybridized carbons (Fsp3) is 0.429. The number of carbonyl (C=O) groups excluding carboxylic acids is 1. The lowest BCUT2D eigenvalue weighted by atomic mass is 9.81. The number of nitrogens with one attached hydrogen (secondary N) is 1. The molecule has 4 rings (SSSR count).